The number of aliphatic carboxylic acids is 1. The number of Topliss-reactive ketones (excluding diaryl/α,β-unsaturated/α-hetero) is 1. The summed E-state index contributed by atoms with van der Waals surface area (Å²) in [5.41, 5.74) is 3.47. The van der Waals surface area contributed by atoms with Crippen molar-refractivity contribution in [2.75, 3.05) is 7.05 Å². The number of aliphatic hydroxyl groups excluding tert-OH is 2. The summed E-state index contributed by atoms with van der Waals surface area (Å²) in [7, 11) is 1.50. The van der Waals surface area contributed by atoms with Crippen LogP contribution < -0.4 is 5.73 Å². The molecule has 0 aliphatic rings. The van der Waals surface area contributed by atoms with Gasteiger partial charge >= 0.3 is 18.3 Å². The molecule has 2 unspecified atom stereocenters. The van der Waals surface area contributed by atoms with E-state index in [9.17, 15) is 46.1 Å². The van der Waals surface area contributed by atoms with E-state index in [0.29, 0.717) is 16.7 Å². The van der Waals surface area contributed by atoms with Gasteiger partial charge in [0.1, 0.15) is 6.10 Å². The van der Waals surface area contributed by atoms with Crippen LogP contribution >= 0.6 is 0 Å². The summed E-state index contributed by atoms with van der Waals surface area (Å²) in [6, 6.07) is 27.4. The molecule has 4 aromatic heterocycles. The van der Waals surface area contributed by atoms with Gasteiger partial charge in [0, 0.05) is 17.5 Å². The van der Waals surface area contributed by atoms with Crippen LogP contribution in [0.4, 0.5) is 26.3 Å². The van der Waals surface area contributed by atoms with Crippen LogP contribution in [0.25, 0.3) is 57.1 Å². The third-order valence-electron chi connectivity index (χ3n) is 9.25. The molecule has 22 heteroatoms. The molecule has 0 saturated carbocycles. The molecule has 0 amide bonds. The maximum absolute atomic E-state index is 13.9. The van der Waals surface area contributed by atoms with Crippen LogP contribution in [0.5, 0.6) is 0 Å². The minimum Gasteiger partial charge on any atom is -0.479 e. The first-order chi connectivity index (χ1) is 31.0. The highest BCUT2D eigenvalue weighted by atomic mass is 19.4. The number of hydrogen-bond acceptors (Lipinski definition) is 13. The summed E-state index contributed by atoms with van der Waals surface area (Å²) in [4.78, 5) is 30.6. The molecule has 0 radical (unpaired) electrons. The Morgan fingerprint density at radius 2 is 0.985 bits per heavy atom. The molecule has 0 aliphatic heterocycles. The molecule has 0 aliphatic carbocycles. The SMILES string of the molecule is CCC(=O)C(O)c1ccc(-c2noc(-c3cnn(-c4ccccc4)c3C(F)(F)F)n2)cc1.CN.O=C(O)C(O)c1ccc(-c2noc(-c3cnn(-c4ccccc4)c3C(F)(F)F)n2)cc1. The van der Waals surface area contributed by atoms with Crippen LogP contribution in [0.15, 0.2) is 131 Å². The van der Waals surface area contributed by atoms with Gasteiger partial charge in [0.2, 0.25) is 11.6 Å². The molecule has 4 heterocycles. The van der Waals surface area contributed by atoms with Gasteiger partial charge in [-0.3, -0.25) is 4.79 Å². The second-order valence-electron chi connectivity index (χ2n) is 13.4. The molecular formula is C43H35F6N9O7. The number of carboxylic acid groups (broad SMARTS) is 1. The smallest absolute Gasteiger partial charge is 0.434 e. The lowest BCUT2D eigenvalue weighted by atomic mass is 10.0. The Kier molecular flexibility index (Phi) is 14.1. The minimum atomic E-state index is -4.75. The topological polar surface area (TPSA) is 234 Å². The van der Waals surface area contributed by atoms with E-state index in [1.54, 1.807) is 55.5 Å². The summed E-state index contributed by atoms with van der Waals surface area (Å²) >= 11 is 0. The molecule has 5 N–H and O–H groups in total. The maximum atomic E-state index is 13.9. The predicted molar refractivity (Wildman–Crippen MR) is 218 cm³/mol. The van der Waals surface area contributed by atoms with Gasteiger partial charge in [0.25, 0.3) is 11.8 Å². The number of hydrogen-bond donors (Lipinski definition) is 4. The van der Waals surface area contributed by atoms with Crippen LogP contribution in [-0.4, -0.2) is 74.0 Å². The number of rotatable bonds is 11. The van der Waals surface area contributed by atoms with Gasteiger partial charge < -0.3 is 30.1 Å². The van der Waals surface area contributed by atoms with Gasteiger partial charge in [-0.05, 0) is 42.4 Å². The standard InChI is InChI=1S/C22H17F3N4O3.C20H13F3N4O4.CH5N/c1-2-17(30)18(31)13-8-10-14(11-9-13)20-27-21(32-28-20)16-12-26-29(19(16)22(23,24)25)15-6-4-3-5-7-15;21-20(22,23)16-14(10-24-27(16)13-4-2-1-3-5-13)18-25-17(26-31-18)12-8-6-11(7-9-12)15(28)19(29)30;1-2/h3-12,18,31H,2H2,1H3;1-10,15,28H,(H,29,30);2H2,1H3. The number of aliphatic hydroxyl groups is 2. The van der Waals surface area contributed by atoms with Crippen molar-refractivity contribution < 1.29 is 60.3 Å². The van der Waals surface area contributed by atoms with Crippen molar-refractivity contribution in [1.29, 1.82) is 0 Å². The number of alkyl halides is 6. The van der Waals surface area contributed by atoms with E-state index in [0.717, 1.165) is 21.8 Å². The van der Waals surface area contributed by atoms with Crippen LogP contribution in [0.1, 0.15) is 48.1 Å². The molecule has 65 heavy (non-hydrogen) atoms. The third-order valence-corrected chi connectivity index (χ3v) is 9.25. The lowest BCUT2D eigenvalue weighted by molar-refractivity contribution is -0.147. The predicted octanol–water partition coefficient (Wildman–Crippen LogP) is 7.92. The zero-order chi connectivity index (χ0) is 47.1. The maximum Gasteiger partial charge on any atom is 0.434 e. The Hall–Kier alpha value is -7.82. The molecular weight excluding hydrogens is 869 g/mol. The number of carboxylic acids is 1. The van der Waals surface area contributed by atoms with E-state index in [-0.39, 0.29) is 63.7 Å². The van der Waals surface area contributed by atoms with E-state index in [1.807, 2.05) is 0 Å². The van der Waals surface area contributed by atoms with Crippen LogP contribution in [0.2, 0.25) is 0 Å². The summed E-state index contributed by atoms with van der Waals surface area (Å²) in [5.74, 6) is -2.39. The third kappa shape index (κ3) is 10.4. The van der Waals surface area contributed by atoms with Crippen molar-refractivity contribution in [2.45, 2.75) is 37.9 Å². The molecule has 16 nitrogen and oxygen atoms in total. The number of nitrogens with two attached hydrogens (primary N) is 1. The zero-order valence-electron chi connectivity index (χ0n) is 33.8. The zero-order valence-corrected chi connectivity index (χ0v) is 33.8. The average molecular weight is 904 g/mol. The van der Waals surface area contributed by atoms with Crippen molar-refractivity contribution in [3.05, 3.63) is 144 Å². The number of aromatic nitrogens is 8. The molecule has 8 aromatic rings. The van der Waals surface area contributed by atoms with E-state index >= 15 is 0 Å². The van der Waals surface area contributed by atoms with Gasteiger partial charge in [0.15, 0.2) is 23.3 Å². The summed E-state index contributed by atoms with van der Waals surface area (Å²) in [5, 5.41) is 43.6. The monoisotopic (exact) mass is 903 g/mol. The Balaban J connectivity index is 0.000000208. The van der Waals surface area contributed by atoms with Gasteiger partial charge in [-0.2, -0.15) is 46.5 Å². The van der Waals surface area contributed by atoms with Gasteiger partial charge in [-0.1, -0.05) is 102 Å². The van der Waals surface area contributed by atoms with Crippen molar-refractivity contribution >= 4 is 11.8 Å². The van der Waals surface area contributed by atoms with E-state index in [2.05, 4.69) is 36.2 Å². The first-order valence-corrected chi connectivity index (χ1v) is 19.0. The molecule has 0 spiro atoms. The number of nitrogens with zero attached hydrogens (tertiary/aromatic N) is 8. The number of benzene rings is 4. The Labute approximate surface area is 363 Å². The van der Waals surface area contributed by atoms with Crippen molar-refractivity contribution in [2.24, 2.45) is 5.73 Å². The van der Waals surface area contributed by atoms with Gasteiger partial charge in [-0.25, -0.2) is 14.2 Å². The summed E-state index contributed by atoms with van der Waals surface area (Å²) in [6.07, 6.45) is -10.2. The minimum absolute atomic E-state index is 0.00745. The fourth-order valence-corrected chi connectivity index (χ4v) is 6.14. The first-order valence-electron chi connectivity index (χ1n) is 19.0. The highest BCUT2D eigenvalue weighted by Crippen LogP contribution is 2.40. The lowest BCUT2D eigenvalue weighted by Gasteiger charge is -2.11. The van der Waals surface area contributed by atoms with E-state index in [1.165, 1.54) is 67.7 Å². The van der Waals surface area contributed by atoms with Crippen molar-refractivity contribution in [3.8, 4) is 57.1 Å². The number of para-hydroxylation sites is 2. The van der Waals surface area contributed by atoms with Crippen LogP contribution in [-0.2, 0) is 21.9 Å². The molecule has 0 fully saturated rings. The summed E-state index contributed by atoms with van der Waals surface area (Å²) < 4.78 is 94.7. The second kappa shape index (κ2) is 19.7. The van der Waals surface area contributed by atoms with E-state index < -0.39 is 41.9 Å². The van der Waals surface area contributed by atoms with Crippen LogP contribution in [0, 0.1) is 0 Å². The van der Waals surface area contributed by atoms with Gasteiger partial charge in [0.05, 0.1) is 34.9 Å². The Bertz CT molecular complexity index is 2840. The first kappa shape index (κ1) is 46.7. The number of carbonyl (C=O) groups is 2. The highest BCUT2D eigenvalue weighted by molar-refractivity contribution is 5.84. The van der Waals surface area contributed by atoms with Gasteiger partial charge in [-0.15, -0.1) is 0 Å². The van der Waals surface area contributed by atoms with Crippen LogP contribution in [0.3, 0.4) is 0 Å². The largest absolute Gasteiger partial charge is 0.479 e. The fraction of sp³-hybridized carbons (Fsp3) is 0.163. The van der Waals surface area contributed by atoms with Crippen molar-refractivity contribution in [1.82, 2.24) is 39.8 Å². The number of carbonyl (C=O) groups excluding carboxylic acids is 1. The van der Waals surface area contributed by atoms with Crippen molar-refractivity contribution in [3.63, 3.8) is 0 Å². The van der Waals surface area contributed by atoms with E-state index in [4.69, 9.17) is 14.2 Å². The summed E-state index contributed by atoms with van der Waals surface area (Å²) in [6.45, 7) is 1.65. The molecule has 2 atom stereocenters. The highest BCUT2D eigenvalue weighted by Gasteiger charge is 2.42. The normalized spacial score (nSPS) is 12.4. The average Bonchev–Trinajstić information content (AvgIpc) is 4.16. The second-order valence-corrected chi connectivity index (χ2v) is 13.4. The molecule has 0 saturated heterocycles. The molecule has 0 bridgehead atoms. The number of ketones is 1. The quantitative estimate of drug-likeness (QED) is 0.0903. The lowest BCUT2D eigenvalue weighted by Crippen LogP contribution is -2.14. The molecule has 336 valence electrons. The molecule has 8 rings (SSSR count). The molecule has 4 aromatic carbocycles. The fourth-order valence-electron chi connectivity index (χ4n) is 6.14. The Morgan fingerprint density at radius 3 is 1.32 bits per heavy atom. The number of halogens is 6. The Morgan fingerprint density at radius 1 is 0.615 bits per heavy atom.